The van der Waals surface area contributed by atoms with E-state index in [-0.39, 0.29) is 4.90 Å². The molecule has 0 spiro atoms. The minimum atomic E-state index is -4.22. The zero-order chi connectivity index (χ0) is 24.9. The number of nitrogens with one attached hydrogen (secondary N) is 1. The molecule has 0 saturated carbocycles. The number of aliphatic hydroxyl groups is 2. The molecule has 1 aliphatic rings. The van der Waals surface area contributed by atoms with Crippen LogP contribution in [0.25, 0.3) is 0 Å². The minimum absolute atomic E-state index is 0.120. The fraction of sp³-hybridized carbons (Fsp3) is 0.435. The number of esters is 1. The van der Waals surface area contributed by atoms with Crippen LogP contribution in [0.2, 0.25) is 0 Å². The molecular weight excluding hydrogens is 466 g/mol. The summed E-state index contributed by atoms with van der Waals surface area (Å²) in [6.07, 6.45) is -3.85. The van der Waals surface area contributed by atoms with Crippen molar-refractivity contribution in [1.82, 2.24) is 4.72 Å². The first-order valence-electron chi connectivity index (χ1n) is 10.6. The highest BCUT2D eigenvalue weighted by Crippen LogP contribution is 2.32. The lowest BCUT2D eigenvalue weighted by atomic mass is 10.0. The smallest absolute Gasteiger partial charge is 0.326 e. The van der Waals surface area contributed by atoms with E-state index in [2.05, 4.69) is 4.72 Å². The Balaban J connectivity index is 1.77. The Morgan fingerprint density at radius 2 is 1.71 bits per heavy atom. The van der Waals surface area contributed by atoms with Crippen molar-refractivity contribution < 1.29 is 42.4 Å². The van der Waals surface area contributed by atoms with Crippen LogP contribution in [-0.4, -0.2) is 68.5 Å². The van der Waals surface area contributed by atoms with Gasteiger partial charge in [0.2, 0.25) is 10.0 Å². The fourth-order valence-electron chi connectivity index (χ4n) is 3.54. The molecule has 3 N–H and O–H groups in total. The van der Waals surface area contributed by atoms with Gasteiger partial charge < -0.3 is 29.2 Å². The van der Waals surface area contributed by atoms with Gasteiger partial charge in [0.25, 0.3) is 0 Å². The number of hydrogen-bond donors (Lipinski definition) is 3. The summed E-state index contributed by atoms with van der Waals surface area (Å²) < 4.78 is 50.1. The summed E-state index contributed by atoms with van der Waals surface area (Å²) in [6, 6.07) is 13.6. The second-order valence-corrected chi connectivity index (χ2v) is 9.90. The van der Waals surface area contributed by atoms with Crippen LogP contribution in [0.3, 0.4) is 0 Å². The van der Waals surface area contributed by atoms with Crippen molar-refractivity contribution in [1.29, 1.82) is 0 Å². The number of methoxy groups -OCH3 is 1. The van der Waals surface area contributed by atoms with E-state index < -0.39 is 52.7 Å². The largest absolute Gasteiger partial charge is 0.489 e. The van der Waals surface area contributed by atoms with Gasteiger partial charge in [0.05, 0.1) is 18.6 Å². The van der Waals surface area contributed by atoms with Gasteiger partial charge in [0, 0.05) is 0 Å². The molecule has 1 heterocycles. The first-order chi connectivity index (χ1) is 16.1. The average molecular weight is 496 g/mol. The highest BCUT2D eigenvalue weighted by Gasteiger charge is 2.51. The van der Waals surface area contributed by atoms with Gasteiger partial charge in [-0.3, -0.25) is 4.79 Å². The predicted molar refractivity (Wildman–Crippen MR) is 120 cm³/mol. The van der Waals surface area contributed by atoms with E-state index in [0.717, 1.165) is 12.7 Å². The molecule has 4 atom stereocenters. The number of rotatable bonds is 10. The second kappa shape index (κ2) is 10.8. The van der Waals surface area contributed by atoms with Crippen molar-refractivity contribution in [2.75, 3.05) is 13.7 Å². The molecule has 10 nitrogen and oxygen atoms in total. The van der Waals surface area contributed by atoms with Crippen molar-refractivity contribution in [2.45, 2.75) is 55.5 Å². The lowest BCUT2D eigenvalue weighted by molar-refractivity contribution is -0.161. The van der Waals surface area contributed by atoms with Crippen LogP contribution in [0.1, 0.15) is 19.4 Å². The molecule has 0 aromatic heterocycles. The summed E-state index contributed by atoms with van der Waals surface area (Å²) in [5.41, 5.74) is 0.961. The molecule has 0 bridgehead atoms. The van der Waals surface area contributed by atoms with Gasteiger partial charge in [-0.25, -0.2) is 8.42 Å². The van der Waals surface area contributed by atoms with Crippen LogP contribution in [0.4, 0.5) is 0 Å². The van der Waals surface area contributed by atoms with Crippen LogP contribution in [0, 0.1) is 0 Å². The van der Waals surface area contributed by atoms with Gasteiger partial charge in [0.1, 0.15) is 36.7 Å². The third-order valence-electron chi connectivity index (χ3n) is 5.18. The molecule has 2 aromatic carbocycles. The number of carbonyl (C=O) groups is 1. The van der Waals surface area contributed by atoms with Gasteiger partial charge >= 0.3 is 5.97 Å². The highest BCUT2D eigenvalue weighted by molar-refractivity contribution is 7.89. The molecule has 1 fully saturated rings. The van der Waals surface area contributed by atoms with Gasteiger partial charge in [-0.1, -0.05) is 30.3 Å². The maximum Gasteiger partial charge on any atom is 0.326 e. The van der Waals surface area contributed by atoms with Gasteiger partial charge in [0.15, 0.2) is 5.79 Å². The molecular formula is C23H29NO9S. The number of aliphatic hydroxyl groups excluding tert-OH is 2. The molecule has 11 heteroatoms. The van der Waals surface area contributed by atoms with E-state index in [9.17, 15) is 23.4 Å². The van der Waals surface area contributed by atoms with E-state index in [0.29, 0.717) is 12.4 Å². The number of benzene rings is 2. The second-order valence-electron chi connectivity index (χ2n) is 8.18. The molecule has 0 amide bonds. The summed E-state index contributed by atoms with van der Waals surface area (Å²) in [5.74, 6) is -1.71. The summed E-state index contributed by atoms with van der Waals surface area (Å²) in [4.78, 5) is 12.4. The van der Waals surface area contributed by atoms with E-state index in [1.54, 1.807) is 13.8 Å². The summed E-state index contributed by atoms with van der Waals surface area (Å²) >= 11 is 0. The van der Waals surface area contributed by atoms with Crippen molar-refractivity contribution in [3.63, 3.8) is 0 Å². The van der Waals surface area contributed by atoms with Crippen LogP contribution in [0.5, 0.6) is 5.75 Å². The molecule has 0 unspecified atom stereocenters. The quantitative estimate of drug-likeness (QED) is 0.411. The molecule has 1 aliphatic heterocycles. The van der Waals surface area contributed by atoms with Crippen LogP contribution < -0.4 is 9.46 Å². The predicted octanol–water partition coefficient (Wildman–Crippen LogP) is 0.959. The number of ether oxygens (including phenoxy) is 4. The van der Waals surface area contributed by atoms with Crippen LogP contribution >= 0.6 is 0 Å². The van der Waals surface area contributed by atoms with Gasteiger partial charge in [-0.2, -0.15) is 4.72 Å². The van der Waals surface area contributed by atoms with Crippen molar-refractivity contribution in [3.05, 3.63) is 60.2 Å². The van der Waals surface area contributed by atoms with Crippen LogP contribution in [-0.2, 0) is 35.6 Å². The first kappa shape index (κ1) is 26.1. The molecule has 0 radical (unpaired) electrons. The lowest BCUT2D eigenvalue weighted by Crippen LogP contribution is -2.55. The molecule has 34 heavy (non-hydrogen) atoms. The van der Waals surface area contributed by atoms with E-state index in [1.807, 2.05) is 30.3 Å². The maximum absolute atomic E-state index is 13.0. The highest BCUT2D eigenvalue weighted by atomic mass is 32.2. The standard InChI is InChI=1S/C23H29NO9S/c1-23(2)32-20(18(26)13-25)21(33-23)19(22(27)30-3)24-34(28,29)17-11-9-16(10-12-17)31-14-15-7-5-4-6-8-15/h4-12,18-21,24-26H,13-14H2,1-3H3/t18-,19+,20-,21-/m0/s1. The molecule has 1 saturated heterocycles. The fourth-order valence-corrected chi connectivity index (χ4v) is 4.74. The average Bonchev–Trinajstić information content (AvgIpc) is 3.16. The Kier molecular flexibility index (Phi) is 8.29. The maximum atomic E-state index is 13.0. The normalized spacial score (nSPS) is 21.6. The summed E-state index contributed by atoms with van der Waals surface area (Å²) in [5, 5.41) is 19.5. The Morgan fingerprint density at radius 3 is 2.29 bits per heavy atom. The Hall–Kier alpha value is -2.54. The summed E-state index contributed by atoms with van der Waals surface area (Å²) in [7, 11) is -3.12. The summed E-state index contributed by atoms with van der Waals surface area (Å²) in [6.45, 7) is 2.73. The van der Waals surface area contributed by atoms with Crippen molar-refractivity contribution in [3.8, 4) is 5.75 Å². The topological polar surface area (TPSA) is 141 Å². The number of sulfonamides is 1. The van der Waals surface area contributed by atoms with Gasteiger partial charge in [-0.05, 0) is 43.7 Å². The molecule has 186 valence electrons. The molecule has 3 rings (SSSR count). The lowest BCUT2D eigenvalue weighted by Gasteiger charge is -2.27. The van der Waals surface area contributed by atoms with E-state index >= 15 is 0 Å². The van der Waals surface area contributed by atoms with E-state index in [4.69, 9.17) is 18.9 Å². The Morgan fingerprint density at radius 1 is 1.09 bits per heavy atom. The monoisotopic (exact) mass is 495 g/mol. The third-order valence-corrected chi connectivity index (χ3v) is 6.64. The Bertz CT molecular complexity index is 1060. The number of hydrogen-bond acceptors (Lipinski definition) is 9. The molecule has 2 aromatic rings. The minimum Gasteiger partial charge on any atom is -0.489 e. The van der Waals surface area contributed by atoms with Gasteiger partial charge in [-0.15, -0.1) is 0 Å². The SMILES string of the molecule is COC(=O)[C@H](NS(=O)(=O)c1ccc(OCc2ccccc2)cc1)[C@@H]1OC(C)(C)O[C@H]1[C@@H](O)CO. The molecule has 0 aliphatic carbocycles. The third kappa shape index (κ3) is 6.32. The van der Waals surface area contributed by atoms with Crippen molar-refractivity contribution >= 4 is 16.0 Å². The Labute approximate surface area is 198 Å². The zero-order valence-electron chi connectivity index (χ0n) is 19.1. The van der Waals surface area contributed by atoms with Crippen molar-refractivity contribution in [2.24, 2.45) is 0 Å². The van der Waals surface area contributed by atoms with Crippen LogP contribution in [0.15, 0.2) is 59.5 Å². The zero-order valence-corrected chi connectivity index (χ0v) is 19.9. The first-order valence-corrected chi connectivity index (χ1v) is 12.1. The van der Waals surface area contributed by atoms with E-state index in [1.165, 1.54) is 24.3 Å². The number of carbonyl (C=O) groups excluding carboxylic acids is 1.